The fourth-order valence-corrected chi connectivity index (χ4v) is 5.65. The number of Topliss-reactive ketones (excluding diaryl/α,β-unsaturated/α-hetero) is 1. The molecule has 0 radical (unpaired) electrons. The topological polar surface area (TPSA) is 109 Å². The van der Waals surface area contributed by atoms with Crippen LogP contribution in [0.1, 0.15) is 44.0 Å². The summed E-state index contributed by atoms with van der Waals surface area (Å²) in [5, 5.41) is 6.61. The van der Waals surface area contributed by atoms with Crippen LogP contribution >= 0.6 is 0 Å². The Hall–Kier alpha value is -4.27. The lowest BCUT2D eigenvalue weighted by atomic mass is 9.73. The number of fused-ring (bicyclic) bond motifs is 1. The molecule has 0 fully saturated rings. The molecule has 1 atom stereocenters. The third-order valence-electron chi connectivity index (χ3n) is 7.32. The third-order valence-corrected chi connectivity index (χ3v) is 7.32. The third kappa shape index (κ3) is 5.34. The number of methoxy groups -OCH3 is 2. The second kappa shape index (κ2) is 10.8. The molecule has 2 aromatic carbocycles. The molecule has 204 valence electrons. The van der Waals surface area contributed by atoms with Crippen LogP contribution in [0.3, 0.4) is 0 Å². The highest BCUT2D eigenvalue weighted by atomic mass is 16.5. The smallest absolute Gasteiger partial charge is 0.239 e. The van der Waals surface area contributed by atoms with Crippen LogP contribution < -0.4 is 25.0 Å². The minimum absolute atomic E-state index is 0.0418. The van der Waals surface area contributed by atoms with Crippen LogP contribution in [0.15, 0.2) is 66.3 Å². The Balaban J connectivity index is 1.61. The monoisotopic (exact) mass is 529 g/mol. The van der Waals surface area contributed by atoms with Crippen molar-refractivity contribution in [2.24, 2.45) is 5.41 Å². The second-order valence-corrected chi connectivity index (χ2v) is 10.8. The Morgan fingerprint density at radius 2 is 1.95 bits per heavy atom. The normalized spacial score (nSPS) is 18.0. The van der Waals surface area contributed by atoms with Gasteiger partial charge in [0.2, 0.25) is 5.91 Å². The molecule has 1 aliphatic carbocycles. The summed E-state index contributed by atoms with van der Waals surface area (Å²) >= 11 is 0. The molecule has 0 bridgehead atoms. The number of allylic oxidation sites excluding steroid dienone is 1. The first-order valence-corrected chi connectivity index (χ1v) is 13.1. The van der Waals surface area contributed by atoms with Gasteiger partial charge in [-0.3, -0.25) is 9.59 Å². The standard InChI is InChI=1S/C30H35N5O4/c1-30(2)14-22-27(24(36)15-30)28(20-8-7-11-25(38-3)29(20)39-4)35(23-10-6-5-9-21(23)34-22)17-26(37)32-13-12-19-16-31-18-33-19/h5-11,16,18,28,34H,12-15,17H2,1-4H3,(H,31,33)(H,32,37). The number of nitrogens with zero attached hydrogens (tertiary/aromatic N) is 2. The molecular weight excluding hydrogens is 494 g/mol. The molecule has 3 aromatic rings. The number of ether oxygens (including phenoxy) is 2. The lowest BCUT2D eigenvalue weighted by Gasteiger charge is -2.38. The maximum Gasteiger partial charge on any atom is 0.239 e. The summed E-state index contributed by atoms with van der Waals surface area (Å²) in [6.45, 7) is 4.72. The quantitative estimate of drug-likeness (QED) is 0.397. The number of carbonyl (C=O) groups is 2. The fraction of sp³-hybridized carbons (Fsp3) is 0.367. The zero-order chi connectivity index (χ0) is 27.6. The summed E-state index contributed by atoms with van der Waals surface area (Å²) in [5.74, 6) is 1.01. The largest absolute Gasteiger partial charge is 0.493 e. The van der Waals surface area contributed by atoms with Crippen LogP contribution in [0.5, 0.6) is 11.5 Å². The van der Waals surface area contributed by atoms with Crippen molar-refractivity contribution in [1.29, 1.82) is 0 Å². The van der Waals surface area contributed by atoms with Gasteiger partial charge in [0, 0.05) is 48.1 Å². The van der Waals surface area contributed by atoms with Crippen molar-refractivity contribution in [3.63, 3.8) is 0 Å². The first-order valence-electron chi connectivity index (χ1n) is 13.1. The number of hydrogen-bond acceptors (Lipinski definition) is 7. The molecule has 1 amide bonds. The zero-order valence-electron chi connectivity index (χ0n) is 22.8. The van der Waals surface area contributed by atoms with E-state index in [0.29, 0.717) is 42.9 Å². The average molecular weight is 530 g/mol. The highest BCUT2D eigenvalue weighted by Crippen LogP contribution is 2.50. The summed E-state index contributed by atoms with van der Waals surface area (Å²) in [6.07, 6.45) is 5.13. The predicted molar refractivity (Wildman–Crippen MR) is 150 cm³/mol. The number of anilines is 2. The van der Waals surface area contributed by atoms with Crippen molar-refractivity contribution in [3.05, 3.63) is 77.5 Å². The van der Waals surface area contributed by atoms with Gasteiger partial charge in [-0.25, -0.2) is 4.98 Å². The number of H-pyrrole nitrogens is 1. The average Bonchev–Trinajstić information content (AvgIpc) is 3.38. The van der Waals surface area contributed by atoms with Gasteiger partial charge in [-0.2, -0.15) is 0 Å². The Morgan fingerprint density at radius 1 is 1.13 bits per heavy atom. The van der Waals surface area contributed by atoms with Gasteiger partial charge in [0.15, 0.2) is 17.3 Å². The van der Waals surface area contributed by atoms with Gasteiger partial charge in [0.25, 0.3) is 0 Å². The highest BCUT2D eigenvalue weighted by molar-refractivity contribution is 6.02. The Morgan fingerprint density at radius 3 is 2.69 bits per heavy atom. The van der Waals surface area contributed by atoms with Gasteiger partial charge in [-0.1, -0.05) is 38.1 Å². The number of carbonyl (C=O) groups excluding carboxylic acids is 2. The van der Waals surface area contributed by atoms with Gasteiger partial charge >= 0.3 is 0 Å². The fourth-order valence-electron chi connectivity index (χ4n) is 5.65. The van der Waals surface area contributed by atoms with Crippen LogP contribution in [0.2, 0.25) is 0 Å². The number of amides is 1. The first kappa shape index (κ1) is 26.3. The van der Waals surface area contributed by atoms with Crippen LogP contribution in [0, 0.1) is 5.41 Å². The number of ketones is 1. The van der Waals surface area contributed by atoms with E-state index in [0.717, 1.165) is 28.3 Å². The maximum absolute atomic E-state index is 13.9. The number of benzene rings is 2. The van der Waals surface area contributed by atoms with E-state index in [4.69, 9.17) is 9.47 Å². The lowest BCUT2D eigenvalue weighted by molar-refractivity contribution is -0.120. The van der Waals surface area contributed by atoms with E-state index < -0.39 is 6.04 Å². The molecule has 1 aromatic heterocycles. The van der Waals surface area contributed by atoms with Crippen molar-refractivity contribution >= 4 is 23.1 Å². The molecule has 5 rings (SSSR count). The highest BCUT2D eigenvalue weighted by Gasteiger charge is 2.43. The molecule has 3 N–H and O–H groups in total. The van der Waals surface area contributed by atoms with Crippen molar-refractivity contribution in [2.45, 2.75) is 39.2 Å². The summed E-state index contributed by atoms with van der Waals surface area (Å²) in [5.41, 5.74) is 4.73. The number of rotatable bonds is 8. The number of para-hydroxylation sites is 3. The predicted octanol–water partition coefficient (Wildman–Crippen LogP) is 4.40. The summed E-state index contributed by atoms with van der Waals surface area (Å²) in [7, 11) is 3.19. The molecule has 1 unspecified atom stereocenters. The van der Waals surface area contributed by atoms with E-state index in [1.54, 1.807) is 26.7 Å². The molecular formula is C30H35N5O4. The van der Waals surface area contributed by atoms with Crippen molar-refractivity contribution in [2.75, 3.05) is 37.5 Å². The molecule has 0 saturated heterocycles. The van der Waals surface area contributed by atoms with E-state index in [9.17, 15) is 9.59 Å². The van der Waals surface area contributed by atoms with Gasteiger partial charge in [0.1, 0.15) is 0 Å². The van der Waals surface area contributed by atoms with Gasteiger partial charge < -0.3 is 30.0 Å². The van der Waals surface area contributed by atoms with Gasteiger partial charge in [-0.05, 0) is 30.0 Å². The number of hydrogen-bond donors (Lipinski definition) is 3. The van der Waals surface area contributed by atoms with Crippen molar-refractivity contribution in [1.82, 2.24) is 15.3 Å². The zero-order valence-corrected chi connectivity index (χ0v) is 22.8. The summed E-state index contributed by atoms with van der Waals surface area (Å²) in [4.78, 5) is 36.4. The Kier molecular flexibility index (Phi) is 7.32. The van der Waals surface area contributed by atoms with Gasteiger partial charge in [0.05, 0.1) is 44.5 Å². The Bertz CT molecular complexity index is 1400. The maximum atomic E-state index is 13.9. The minimum Gasteiger partial charge on any atom is -0.493 e. The number of aromatic nitrogens is 2. The van der Waals surface area contributed by atoms with E-state index in [-0.39, 0.29) is 23.7 Å². The summed E-state index contributed by atoms with van der Waals surface area (Å²) in [6, 6.07) is 13.0. The molecule has 2 aliphatic rings. The van der Waals surface area contributed by atoms with E-state index in [2.05, 4.69) is 34.4 Å². The lowest BCUT2D eigenvalue weighted by Crippen LogP contribution is -2.42. The SMILES string of the molecule is COc1cccc(C2C3=C(CC(C)(C)CC3=O)Nc3ccccc3N2CC(=O)NCCc2cnc[nH]2)c1OC. The second-order valence-electron chi connectivity index (χ2n) is 10.8. The van der Waals surface area contributed by atoms with Crippen LogP contribution in [0.4, 0.5) is 11.4 Å². The van der Waals surface area contributed by atoms with Crippen LogP contribution in [-0.4, -0.2) is 49.0 Å². The van der Waals surface area contributed by atoms with Crippen LogP contribution in [-0.2, 0) is 16.0 Å². The van der Waals surface area contributed by atoms with Crippen molar-refractivity contribution in [3.8, 4) is 11.5 Å². The van der Waals surface area contributed by atoms with E-state index in [1.807, 2.05) is 47.4 Å². The van der Waals surface area contributed by atoms with Crippen molar-refractivity contribution < 1.29 is 19.1 Å². The van der Waals surface area contributed by atoms with Gasteiger partial charge in [-0.15, -0.1) is 0 Å². The number of aromatic amines is 1. The molecule has 39 heavy (non-hydrogen) atoms. The number of imidazole rings is 1. The molecule has 9 nitrogen and oxygen atoms in total. The molecule has 1 aliphatic heterocycles. The van der Waals surface area contributed by atoms with Crippen LogP contribution in [0.25, 0.3) is 0 Å². The van der Waals surface area contributed by atoms with E-state index in [1.165, 1.54) is 0 Å². The summed E-state index contributed by atoms with van der Waals surface area (Å²) < 4.78 is 11.5. The van der Waals surface area contributed by atoms with E-state index >= 15 is 0 Å². The molecule has 0 saturated carbocycles. The molecule has 9 heteroatoms. The Labute approximate surface area is 228 Å². The number of nitrogens with one attached hydrogen (secondary N) is 3. The molecule has 2 heterocycles. The minimum atomic E-state index is -0.567. The first-order chi connectivity index (χ1) is 18.8. The molecule has 0 spiro atoms.